The predicted molar refractivity (Wildman–Crippen MR) is 64.4 cm³/mol. The van der Waals surface area contributed by atoms with Crippen LogP contribution < -0.4 is 0 Å². The lowest BCUT2D eigenvalue weighted by molar-refractivity contribution is 0.152. The molecule has 0 heterocycles. The van der Waals surface area contributed by atoms with E-state index in [4.69, 9.17) is 11.2 Å². The van der Waals surface area contributed by atoms with Crippen LogP contribution in [0.3, 0.4) is 0 Å². The highest BCUT2D eigenvalue weighted by atomic mass is 16.5. The lowest BCUT2D eigenvalue weighted by Crippen LogP contribution is -1.91. The fourth-order valence-electron chi connectivity index (χ4n) is 1.31. The topological polar surface area (TPSA) is 9.23 Å². The van der Waals surface area contributed by atoms with Gasteiger partial charge in [-0.1, -0.05) is 42.3 Å². The molecule has 0 radical (unpaired) electrons. The van der Waals surface area contributed by atoms with E-state index >= 15 is 0 Å². The van der Waals surface area contributed by atoms with Crippen LogP contribution in [0.2, 0.25) is 0 Å². The fourth-order valence-corrected chi connectivity index (χ4v) is 1.31. The molecule has 0 N–H and O–H groups in total. The molecule has 0 fully saturated rings. The van der Waals surface area contributed by atoms with Crippen molar-refractivity contribution < 1.29 is 4.74 Å². The predicted octanol–water partition coefficient (Wildman–Crippen LogP) is 3.13. The summed E-state index contributed by atoms with van der Waals surface area (Å²) in [5, 5.41) is 0. The van der Waals surface area contributed by atoms with Crippen molar-refractivity contribution in [3.05, 3.63) is 42.0 Å². The van der Waals surface area contributed by atoms with Crippen LogP contribution in [0.1, 0.15) is 18.9 Å². The smallest absolute Gasteiger partial charge is 0.0500 e. The van der Waals surface area contributed by atoms with Gasteiger partial charge in [-0.2, -0.15) is 0 Å². The number of allylic oxidation sites excluding steroid dienone is 1. The molecule has 1 heteroatoms. The molecule has 1 rings (SSSR count). The Bertz CT molecular complexity index is 343. The Balaban J connectivity index is 2.61. The van der Waals surface area contributed by atoms with Crippen molar-refractivity contribution in [2.45, 2.75) is 13.3 Å². The monoisotopic (exact) mass is 200 g/mol. The van der Waals surface area contributed by atoms with E-state index in [1.165, 1.54) is 0 Å². The number of benzene rings is 1. The molecule has 0 aliphatic rings. The summed E-state index contributed by atoms with van der Waals surface area (Å²) in [4.78, 5) is 0. The van der Waals surface area contributed by atoms with Crippen LogP contribution >= 0.6 is 0 Å². The number of hydrogen-bond donors (Lipinski definition) is 0. The zero-order valence-electron chi connectivity index (χ0n) is 9.07. The molecule has 0 aliphatic carbocycles. The van der Waals surface area contributed by atoms with E-state index < -0.39 is 0 Å². The molecule has 0 bridgehead atoms. The minimum absolute atomic E-state index is 0.731. The number of terminal acetylenes is 1. The van der Waals surface area contributed by atoms with Gasteiger partial charge in [0.2, 0.25) is 0 Å². The molecule has 0 aromatic heterocycles. The van der Waals surface area contributed by atoms with Gasteiger partial charge >= 0.3 is 0 Å². The Morgan fingerprint density at radius 2 is 2.13 bits per heavy atom. The highest BCUT2D eigenvalue weighted by Gasteiger charge is 1.95. The average molecular weight is 200 g/mol. The maximum absolute atomic E-state index is 5.46. The summed E-state index contributed by atoms with van der Waals surface area (Å²) in [6.07, 6.45) is 8.37. The van der Waals surface area contributed by atoms with Gasteiger partial charge in [0.1, 0.15) is 0 Å². The second-order valence-corrected chi connectivity index (χ2v) is 3.11. The molecular weight excluding hydrogens is 184 g/mol. The summed E-state index contributed by atoms with van der Waals surface area (Å²) in [5.74, 6) is 2.70. The molecule has 1 aromatic rings. The van der Waals surface area contributed by atoms with Gasteiger partial charge in [0, 0.05) is 12.2 Å². The summed E-state index contributed by atoms with van der Waals surface area (Å²) in [6, 6.07) is 10.0. The van der Waals surface area contributed by atoms with Crippen LogP contribution in [0.5, 0.6) is 0 Å². The third-order valence-corrected chi connectivity index (χ3v) is 2.06. The molecule has 0 saturated heterocycles. The molecule has 0 atom stereocenters. The average Bonchev–Trinajstić information content (AvgIpc) is 2.30. The van der Waals surface area contributed by atoms with Crippen molar-refractivity contribution in [1.82, 2.24) is 0 Å². The zero-order valence-corrected chi connectivity index (χ0v) is 9.07. The zero-order chi connectivity index (χ0) is 10.9. The molecule has 0 aliphatic heterocycles. The summed E-state index contributed by atoms with van der Waals surface area (Å²) >= 11 is 0. The Labute approximate surface area is 91.8 Å². The fraction of sp³-hybridized carbons (Fsp3) is 0.286. The summed E-state index contributed by atoms with van der Waals surface area (Å²) in [6.45, 7) is 3.47. The van der Waals surface area contributed by atoms with Gasteiger partial charge in [-0.25, -0.2) is 0 Å². The second-order valence-electron chi connectivity index (χ2n) is 3.11. The summed E-state index contributed by atoms with van der Waals surface area (Å²) in [7, 11) is 0. The van der Waals surface area contributed by atoms with Crippen molar-refractivity contribution >= 4 is 5.57 Å². The number of hydrogen-bond acceptors (Lipinski definition) is 1. The highest BCUT2D eigenvalue weighted by Crippen LogP contribution is 2.13. The molecule has 0 saturated carbocycles. The van der Waals surface area contributed by atoms with Crippen LogP contribution in [0.15, 0.2) is 36.4 Å². The first kappa shape index (κ1) is 11.6. The van der Waals surface area contributed by atoms with E-state index in [9.17, 15) is 0 Å². The minimum Gasteiger partial charge on any atom is -0.381 e. The van der Waals surface area contributed by atoms with Gasteiger partial charge in [0.05, 0.1) is 6.61 Å². The minimum atomic E-state index is 0.731. The molecule has 15 heavy (non-hydrogen) atoms. The molecule has 1 nitrogen and oxygen atoms in total. The van der Waals surface area contributed by atoms with Crippen molar-refractivity contribution in [2.24, 2.45) is 0 Å². The van der Waals surface area contributed by atoms with Gasteiger partial charge < -0.3 is 4.74 Å². The lowest BCUT2D eigenvalue weighted by Gasteiger charge is -2.00. The third-order valence-electron chi connectivity index (χ3n) is 2.06. The Hall–Kier alpha value is -1.52. The SMILES string of the molecule is C#C/C(=C\CCOCC)c1ccccc1. The number of rotatable bonds is 5. The van der Waals surface area contributed by atoms with Gasteiger partial charge in [-0.05, 0) is 18.9 Å². The third kappa shape index (κ3) is 4.01. The van der Waals surface area contributed by atoms with Crippen LogP contribution in [0.4, 0.5) is 0 Å². The van der Waals surface area contributed by atoms with Crippen molar-refractivity contribution in [3.8, 4) is 12.3 Å². The van der Waals surface area contributed by atoms with Crippen LogP contribution in [-0.2, 0) is 4.74 Å². The largest absolute Gasteiger partial charge is 0.381 e. The first-order chi connectivity index (χ1) is 7.38. The Morgan fingerprint density at radius 3 is 2.73 bits per heavy atom. The van der Waals surface area contributed by atoms with E-state index in [1.54, 1.807) is 0 Å². The number of ether oxygens (including phenoxy) is 1. The van der Waals surface area contributed by atoms with Crippen LogP contribution in [0.25, 0.3) is 5.57 Å². The van der Waals surface area contributed by atoms with Gasteiger partial charge in [-0.3, -0.25) is 0 Å². The quantitative estimate of drug-likeness (QED) is 0.524. The van der Waals surface area contributed by atoms with E-state index in [0.717, 1.165) is 30.8 Å². The molecule has 0 amide bonds. The van der Waals surface area contributed by atoms with Crippen LogP contribution in [-0.4, -0.2) is 13.2 Å². The van der Waals surface area contributed by atoms with Crippen molar-refractivity contribution in [1.29, 1.82) is 0 Å². The summed E-state index contributed by atoms with van der Waals surface area (Å²) < 4.78 is 5.25. The lowest BCUT2D eigenvalue weighted by atomic mass is 10.1. The standard InChI is InChI=1S/C14H16O/c1-3-13(11-8-12-15-4-2)14-9-6-5-7-10-14/h1,5-7,9-11H,4,8,12H2,2H3/b13-11+. The molecule has 0 spiro atoms. The molecule has 78 valence electrons. The highest BCUT2D eigenvalue weighted by molar-refractivity contribution is 5.77. The molecule has 0 unspecified atom stereocenters. The maximum Gasteiger partial charge on any atom is 0.0500 e. The Morgan fingerprint density at radius 1 is 1.40 bits per heavy atom. The second kappa shape index (κ2) is 6.86. The van der Waals surface area contributed by atoms with Crippen molar-refractivity contribution in [2.75, 3.05) is 13.2 Å². The van der Waals surface area contributed by atoms with Crippen LogP contribution in [0, 0.1) is 12.3 Å². The van der Waals surface area contributed by atoms with Crippen molar-refractivity contribution in [3.63, 3.8) is 0 Å². The van der Waals surface area contributed by atoms with E-state index in [1.807, 2.05) is 43.3 Å². The first-order valence-corrected chi connectivity index (χ1v) is 5.18. The van der Waals surface area contributed by atoms with Gasteiger partial charge in [0.25, 0.3) is 0 Å². The summed E-state index contributed by atoms with van der Waals surface area (Å²) in [5.41, 5.74) is 2.03. The van der Waals surface area contributed by atoms with Gasteiger partial charge in [0.15, 0.2) is 0 Å². The Kier molecular flexibility index (Phi) is 5.29. The molecular formula is C14H16O. The maximum atomic E-state index is 5.46. The van der Waals surface area contributed by atoms with E-state index in [0.29, 0.717) is 0 Å². The van der Waals surface area contributed by atoms with Gasteiger partial charge in [-0.15, -0.1) is 6.42 Å². The first-order valence-electron chi connectivity index (χ1n) is 5.18. The molecule has 1 aromatic carbocycles. The van der Waals surface area contributed by atoms with E-state index in [-0.39, 0.29) is 0 Å². The van der Waals surface area contributed by atoms with E-state index in [2.05, 4.69) is 5.92 Å². The normalized spacial score (nSPS) is 11.1.